The summed E-state index contributed by atoms with van der Waals surface area (Å²) in [5.74, 6) is 0.850. The van der Waals surface area contributed by atoms with Gasteiger partial charge in [0.25, 0.3) is 5.91 Å². The van der Waals surface area contributed by atoms with Crippen LogP contribution in [-0.4, -0.2) is 29.0 Å². The largest absolute Gasteiger partial charge is 0.355 e. The molecule has 0 bridgehead atoms. The summed E-state index contributed by atoms with van der Waals surface area (Å²) >= 11 is 0. The second-order valence-electron chi connectivity index (χ2n) is 7.17. The summed E-state index contributed by atoms with van der Waals surface area (Å²) < 4.78 is 0. The lowest BCUT2D eigenvalue weighted by Gasteiger charge is -2.19. The van der Waals surface area contributed by atoms with Crippen LogP contribution in [0, 0.1) is 6.92 Å². The highest BCUT2D eigenvalue weighted by Crippen LogP contribution is 2.29. The van der Waals surface area contributed by atoms with Crippen LogP contribution in [0.15, 0.2) is 60.9 Å². The van der Waals surface area contributed by atoms with Gasteiger partial charge in [-0.25, -0.2) is 4.98 Å². The van der Waals surface area contributed by atoms with Gasteiger partial charge in [-0.05, 0) is 37.5 Å². The van der Waals surface area contributed by atoms with E-state index in [1.165, 1.54) is 18.4 Å². The van der Waals surface area contributed by atoms with Gasteiger partial charge < -0.3 is 10.2 Å². The molecular weight excluding hydrogens is 348 g/mol. The molecule has 0 atom stereocenters. The molecule has 1 aromatic heterocycles. The Morgan fingerprint density at radius 1 is 0.964 bits per heavy atom. The standard InChI is InChI=1S/C23H24N4O/c1-17-4-6-18(7-5-17)16-26-23(28)20-10-8-19(9-11-20)21-22(25-13-12-24-21)27-14-2-3-15-27/h4-13H,2-3,14-16H2,1H3,(H,26,28). The molecule has 0 saturated carbocycles. The van der Waals surface area contributed by atoms with Crippen molar-refractivity contribution in [3.63, 3.8) is 0 Å². The van der Waals surface area contributed by atoms with E-state index >= 15 is 0 Å². The average Bonchev–Trinajstić information content (AvgIpc) is 3.28. The number of carbonyl (C=O) groups excluding carboxylic acids is 1. The highest BCUT2D eigenvalue weighted by molar-refractivity contribution is 5.94. The van der Waals surface area contributed by atoms with Crippen LogP contribution in [0.25, 0.3) is 11.3 Å². The van der Waals surface area contributed by atoms with E-state index in [-0.39, 0.29) is 5.91 Å². The number of hydrogen-bond acceptors (Lipinski definition) is 4. The van der Waals surface area contributed by atoms with Crippen LogP contribution in [0.2, 0.25) is 0 Å². The SMILES string of the molecule is Cc1ccc(CNC(=O)c2ccc(-c3nccnc3N3CCCC3)cc2)cc1. The van der Waals surface area contributed by atoms with E-state index < -0.39 is 0 Å². The van der Waals surface area contributed by atoms with E-state index in [0.29, 0.717) is 12.1 Å². The van der Waals surface area contributed by atoms with E-state index in [4.69, 9.17) is 0 Å². The van der Waals surface area contributed by atoms with Crippen molar-refractivity contribution in [2.24, 2.45) is 0 Å². The Kier molecular flexibility index (Phi) is 5.33. The first-order valence-corrected chi connectivity index (χ1v) is 9.71. The van der Waals surface area contributed by atoms with E-state index in [1.54, 1.807) is 12.4 Å². The van der Waals surface area contributed by atoms with Gasteiger partial charge >= 0.3 is 0 Å². The molecule has 1 aliphatic heterocycles. The second-order valence-corrected chi connectivity index (χ2v) is 7.17. The van der Waals surface area contributed by atoms with Crippen LogP contribution in [0.4, 0.5) is 5.82 Å². The minimum atomic E-state index is -0.0777. The molecule has 2 heterocycles. The number of hydrogen-bond donors (Lipinski definition) is 1. The van der Waals surface area contributed by atoms with Crippen molar-refractivity contribution in [2.75, 3.05) is 18.0 Å². The van der Waals surface area contributed by atoms with E-state index in [1.807, 2.05) is 36.4 Å². The molecule has 0 aliphatic carbocycles. The van der Waals surface area contributed by atoms with Gasteiger partial charge in [-0.1, -0.05) is 42.0 Å². The minimum absolute atomic E-state index is 0.0777. The summed E-state index contributed by atoms with van der Waals surface area (Å²) in [5.41, 5.74) is 4.79. The number of benzene rings is 2. The monoisotopic (exact) mass is 372 g/mol. The lowest BCUT2D eigenvalue weighted by Crippen LogP contribution is -2.22. The van der Waals surface area contributed by atoms with Crippen molar-refractivity contribution in [1.29, 1.82) is 0 Å². The maximum atomic E-state index is 12.5. The summed E-state index contributed by atoms with van der Waals surface area (Å²) in [6, 6.07) is 15.8. The molecule has 1 saturated heterocycles. The summed E-state index contributed by atoms with van der Waals surface area (Å²) in [7, 11) is 0. The molecule has 5 nitrogen and oxygen atoms in total. The fourth-order valence-electron chi connectivity index (χ4n) is 3.46. The Bertz CT molecular complexity index is 945. The molecule has 3 aromatic rings. The smallest absolute Gasteiger partial charge is 0.251 e. The number of carbonyl (C=O) groups is 1. The summed E-state index contributed by atoms with van der Waals surface area (Å²) in [6.45, 7) is 4.61. The van der Waals surface area contributed by atoms with Gasteiger partial charge in [0.2, 0.25) is 0 Å². The van der Waals surface area contributed by atoms with Crippen molar-refractivity contribution in [3.05, 3.63) is 77.6 Å². The first-order valence-electron chi connectivity index (χ1n) is 9.71. The van der Waals surface area contributed by atoms with Crippen molar-refractivity contribution in [1.82, 2.24) is 15.3 Å². The summed E-state index contributed by atoms with van der Waals surface area (Å²) in [4.78, 5) is 23.8. The number of nitrogens with zero attached hydrogens (tertiary/aromatic N) is 3. The Balaban J connectivity index is 1.47. The molecule has 28 heavy (non-hydrogen) atoms. The van der Waals surface area contributed by atoms with E-state index in [0.717, 1.165) is 35.7 Å². The molecule has 1 N–H and O–H groups in total. The van der Waals surface area contributed by atoms with E-state index in [9.17, 15) is 4.79 Å². The van der Waals surface area contributed by atoms with Crippen molar-refractivity contribution in [2.45, 2.75) is 26.3 Å². The van der Waals surface area contributed by atoms with Crippen LogP contribution in [0.1, 0.15) is 34.3 Å². The molecule has 1 amide bonds. The van der Waals surface area contributed by atoms with Crippen molar-refractivity contribution >= 4 is 11.7 Å². The van der Waals surface area contributed by atoms with Gasteiger partial charge in [0.15, 0.2) is 5.82 Å². The number of aryl methyl sites for hydroxylation is 1. The third-order valence-corrected chi connectivity index (χ3v) is 5.08. The predicted molar refractivity (Wildman–Crippen MR) is 111 cm³/mol. The zero-order valence-corrected chi connectivity index (χ0v) is 16.1. The Morgan fingerprint density at radius 3 is 2.36 bits per heavy atom. The zero-order chi connectivity index (χ0) is 19.3. The van der Waals surface area contributed by atoms with Gasteiger partial charge in [0.1, 0.15) is 5.69 Å². The fraction of sp³-hybridized carbons (Fsp3) is 0.261. The molecule has 5 heteroatoms. The first-order chi connectivity index (χ1) is 13.7. The lowest BCUT2D eigenvalue weighted by atomic mass is 10.1. The Hall–Kier alpha value is -3.21. The van der Waals surface area contributed by atoms with E-state index in [2.05, 4.69) is 39.2 Å². The van der Waals surface area contributed by atoms with Gasteiger partial charge in [-0.3, -0.25) is 9.78 Å². The van der Waals surface area contributed by atoms with Crippen LogP contribution in [0.5, 0.6) is 0 Å². The molecule has 1 aliphatic rings. The molecule has 2 aromatic carbocycles. The third kappa shape index (κ3) is 4.03. The number of aromatic nitrogens is 2. The fourth-order valence-corrected chi connectivity index (χ4v) is 3.46. The maximum absolute atomic E-state index is 12.5. The van der Waals surface area contributed by atoms with Gasteiger partial charge in [-0.2, -0.15) is 0 Å². The molecule has 1 fully saturated rings. The number of rotatable bonds is 5. The molecule has 0 unspecified atom stereocenters. The third-order valence-electron chi connectivity index (χ3n) is 5.08. The van der Waals surface area contributed by atoms with Crippen LogP contribution >= 0.6 is 0 Å². The first kappa shape index (κ1) is 18.2. The van der Waals surface area contributed by atoms with Crippen LogP contribution in [-0.2, 0) is 6.54 Å². The normalized spacial score (nSPS) is 13.5. The highest BCUT2D eigenvalue weighted by Gasteiger charge is 2.18. The number of anilines is 1. The topological polar surface area (TPSA) is 58.1 Å². The predicted octanol–water partition coefficient (Wildman–Crippen LogP) is 3.98. The molecule has 4 rings (SSSR count). The number of amides is 1. The quantitative estimate of drug-likeness (QED) is 0.736. The maximum Gasteiger partial charge on any atom is 0.251 e. The van der Waals surface area contributed by atoms with Gasteiger partial charge in [0, 0.05) is 43.2 Å². The molecule has 0 radical (unpaired) electrons. The lowest BCUT2D eigenvalue weighted by molar-refractivity contribution is 0.0951. The highest BCUT2D eigenvalue weighted by atomic mass is 16.1. The van der Waals surface area contributed by atoms with Gasteiger partial charge in [-0.15, -0.1) is 0 Å². The Morgan fingerprint density at radius 2 is 1.64 bits per heavy atom. The zero-order valence-electron chi connectivity index (χ0n) is 16.1. The van der Waals surface area contributed by atoms with Crippen molar-refractivity contribution in [3.8, 4) is 11.3 Å². The minimum Gasteiger partial charge on any atom is -0.355 e. The summed E-state index contributed by atoms with van der Waals surface area (Å²) in [5, 5.41) is 2.97. The number of nitrogens with one attached hydrogen (secondary N) is 1. The van der Waals surface area contributed by atoms with Crippen molar-refractivity contribution < 1.29 is 4.79 Å². The molecular formula is C23H24N4O. The second kappa shape index (κ2) is 8.21. The average molecular weight is 372 g/mol. The molecule has 0 spiro atoms. The molecule has 142 valence electrons. The Labute approximate surface area is 165 Å². The van der Waals surface area contributed by atoms with Crippen LogP contribution < -0.4 is 10.2 Å². The van der Waals surface area contributed by atoms with Crippen LogP contribution in [0.3, 0.4) is 0 Å². The summed E-state index contributed by atoms with van der Waals surface area (Å²) in [6.07, 6.45) is 5.84. The van der Waals surface area contributed by atoms with Gasteiger partial charge in [0.05, 0.1) is 0 Å².